The van der Waals surface area contributed by atoms with Crippen LogP contribution in [0.3, 0.4) is 0 Å². The van der Waals surface area contributed by atoms with Gasteiger partial charge in [-0.1, -0.05) is 11.2 Å². The maximum absolute atomic E-state index is 8.48. The lowest BCUT2D eigenvalue weighted by molar-refractivity contribution is 0.318. The fourth-order valence-corrected chi connectivity index (χ4v) is 1.39. The first-order valence-corrected chi connectivity index (χ1v) is 4.99. The molecule has 0 fully saturated rings. The largest absolute Gasteiger partial charge is 0.409 e. The maximum atomic E-state index is 8.48. The highest BCUT2D eigenvalue weighted by molar-refractivity contribution is 5.93. The van der Waals surface area contributed by atoms with E-state index in [-0.39, 0.29) is 11.7 Å². The second-order valence-corrected chi connectivity index (χ2v) is 3.52. The molecule has 0 aliphatic heterocycles. The third-order valence-electron chi connectivity index (χ3n) is 2.14. The van der Waals surface area contributed by atoms with E-state index >= 15 is 0 Å². The van der Waals surface area contributed by atoms with Crippen LogP contribution in [-0.4, -0.2) is 30.8 Å². The smallest absolute Gasteiger partial charge is 0.219 e. The zero-order valence-electron chi connectivity index (χ0n) is 9.28. The second kappa shape index (κ2) is 4.60. The molecule has 0 amide bonds. The van der Waals surface area contributed by atoms with Crippen LogP contribution in [0.1, 0.15) is 17.2 Å². The zero-order chi connectivity index (χ0) is 12.3. The number of nitrogens with zero attached hydrogens (tertiary/aromatic N) is 5. The van der Waals surface area contributed by atoms with E-state index in [0.29, 0.717) is 6.54 Å². The summed E-state index contributed by atoms with van der Waals surface area (Å²) in [6.07, 6.45) is 1.51. The number of amidine groups is 1. The predicted molar refractivity (Wildman–Crippen MR) is 60.6 cm³/mol. The Hall–Kier alpha value is -2.44. The van der Waals surface area contributed by atoms with Gasteiger partial charge in [0.05, 0.1) is 12.2 Å². The fourth-order valence-electron chi connectivity index (χ4n) is 1.39. The first kappa shape index (κ1) is 11.1. The Bertz CT molecular complexity index is 547. The number of aryl methyl sites for hydroxylation is 1. The Balaban J connectivity index is 2.17. The van der Waals surface area contributed by atoms with Gasteiger partial charge >= 0.3 is 0 Å². The molecule has 0 unspecified atom stereocenters. The van der Waals surface area contributed by atoms with Crippen LogP contribution in [0, 0.1) is 6.92 Å². The monoisotopic (exact) mass is 232 g/mol. The second-order valence-electron chi connectivity index (χ2n) is 3.52. The molecule has 7 nitrogen and oxygen atoms in total. The Labute approximate surface area is 97.6 Å². The highest BCUT2D eigenvalue weighted by atomic mass is 16.4. The molecule has 0 bridgehead atoms. The molecule has 0 atom stereocenters. The van der Waals surface area contributed by atoms with E-state index in [2.05, 4.69) is 20.2 Å². The molecule has 0 aliphatic rings. The number of hydrogen-bond donors (Lipinski definition) is 2. The van der Waals surface area contributed by atoms with Crippen molar-refractivity contribution in [1.29, 1.82) is 0 Å². The summed E-state index contributed by atoms with van der Waals surface area (Å²) in [7, 11) is 0. The minimum absolute atomic E-state index is 0.110. The number of pyridine rings is 1. The number of hydrogen-bond acceptors (Lipinski definition) is 5. The molecular formula is C10H12N6O. The van der Waals surface area contributed by atoms with Gasteiger partial charge in [0.15, 0.2) is 0 Å². The van der Waals surface area contributed by atoms with Crippen LogP contribution < -0.4 is 5.73 Å². The van der Waals surface area contributed by atoms with Crippen molar-refractivity contribution in [2.45, 2.75) is 13.5 Å². The molecule has 0 saturated carbocycles. The van der Waals surface area contributed by atoms with E-state index in [9.17, 15) is 0 Å². The van der Waals surface area contributed by atoms with E-state index in [1.54, 1.807) is 4.68 Å². The Morgan fingerprint density at radius 1 is 1.53 bits per heavy atom. The molecule has 2 aromatic rings. The Morgan fingerprint density at radius 3 is 3.06 bits per heavy atom. The lowest BCUT2D eigenvalue weighted by Crippen LogP contribution is -2.15. The van der Waals surface area contributed by atoms with Crippen molar-refractivity contribution in [3.05, 3.63) is 41.7 Å². The quantitative estimate of drug-likeness (QED) is 0.339. The van der Waals surface area contributed by atoms with Crippen molar-refractivity contribution in [3.63, 3.8) is 0 Å². The molecule has 2 aromatic heterocycles. The average Bonchev–Trinajstić information content (AvgIpc) is 2.76. The SMILES string of the molecule is Cc1cccc(Cn2cnc(C(N)=NO)n2)n1. The molecule has 2 heterocycles. The van der Waals surface area contributed by atoms with Crippen LogP contribution in [0.5, 0.6) is 0 Å². The van der Waals surface area contributed by atoms with E-state index < -0.39 is 0 Å². The Kier molecular flexibility index (Phi) is 2.99. The van der Waals surface area contributed by atoms with Crippen LogP contribution in [0.4, 0.5) is 0 Å². The molecule has 88 valence electrons. The van der Waals surface area contributed by atoms with Crippen LogP contribution in [0.2, 0.25) is 0 Å². The topological polar surface area (TPSA) is 102 Å². The van der Waals surface area contributed by atoms with Crippen molar-refractivity contribution in [2.75, 3.05) is 0 Å². The molecule has 17 heavy (non-hydrogen) atoms. The summed E-state index contributed by atoms with van der Waals surface area (Å²) in [4.78, 5) is 8.26. The van der Waals surface area contributed by atoms with Crippen LogP contribution in [0.25, 0.3) is 0 Å². The third kappa shape index (κ3) is 2.57. The number of aromatic nitrogens is 4. The van der Waals surface area contributed by atoms with Gasteiger partial charge in [-0.05, 0) is 19.1 Å². The number of oxime groups is 1. The molecule has 3 N–H and O–H groups in total. The summed E-state index contributed by atoms with van der Waals surface area (Å²) < 4.78 is 1.58. The predicted octanol–water partition coefficient (Wildman–Crippen LogP) is 0.124. The van der Waals surface area contributed by atoms with Gasteiger partial charge in [-0.25, -0.2) is 9.67 Å². The molecule has 7 heteroatoms. The maximum Gasteiger partial charge on any atom is 0.219 e. The van der Waals surface area contributed by atoms with E-state index in [4.69, 9.17) is 10.9 Å². The summed E-state index contributed by atoms with van der Waals surface area (Å²) in [6, 6.07) is 5.75. The molecular weight excluding hydrogens is 220 g/mol. The first-order chi connectivity index (χ1) is 8.19. The normalized spacial score (nSPS) is 11.7. The molecule has 0 spiro atoms. The highest BCUT2D eigenvalue weighted by Gasteiger charge is 2.06. The minimum atomic E-state index is -0.110. The summed E-state index contributed by atoms with van der Waals surface area (Å²) in [5.41, 5.74) is 7.19. The van der Waals surface area contributed by atoms with Gasteiger partial charge in [-0.2, -0.15) is 0 Å². The highest BCUT2D eigenvalue weighted by Crippen LogP contribution is 2.00. The van der Waals surface area contributed by atoms with Crippen molar-refractivity contribution >= 4 is 5.84 Å². The van der Waals surface area contributed by atoms with Gasteiger partial charge in [-0.15, -0.1) is 5.10 Å². The van der Waals surface area contributed by atoms with Crippen LogP contribution >= 0.6 is 0 Å². The minimum Gasteiger partial charge on any atom is -0.409 e. The van der Waals surface area contributed by atoms with Gasteiger partial charge in [0.25, 0.3) is 0 Å². The summed E-state index contributed by atoms with van der Waals surface area (Å²) in [5, 5.41) is 15.4. The lowest BCUT2D eigenvalue weighted by Gasteiger charge is -2.00. The van der Waals surface area contributed by atoms with Crippen molar-refractivity contribution in [1.82, 2.24) is 19.7 Å². The van der Waals surface area contributed by atoms with E-state index in [1.807, 2.05) is 25.1 Å². The average molecular weight is 232 g/mol. The molecule has 0 aromatic carbocycles. The van der Waals surface area contributed by atoms with Gasteiger partial charge < -0.3 is 10.9 Å². The van der Waals surface area contributed by atoms with Crippen LogP contribution in [0.15, 0.2) is 29.7 Å². The number of nitrogens with two attached hydrogens (primary N) is 1. The first-order valence-electron chi connectivity index (χ1n) is 4.99. The van der Waals surface area contributed by atoms with Gasteiger partial charge in [0.1, 0.15) is 6.33 Å². The molecule has 0 saturated heterocycles. The molecule has 0 radical (unpaired) electrons. The van der Waals surface area contributed by atoms with Gasteiger partial charge in [0.2, 0.25) is 11.7 Å². The standard InChI is InChI=1S/C10H12N6O/c1-7-3-2-4-8(13-7)5-16-6-12-10(14-16)9(11)15-17/h2-4,6,17H,5H2,1H3,(H2,11,15). The van der Waals surface area contributed by atoms with E-state index in [0.717, 1.165) is 11.4 Å². The van der Waals surface area contributed by atoms with Gasteiger partial charge in [-0.3, -0.25) is 4.98 Å². The van der Waals surface area contributed by atoms with Crippen molar-refractivity contribution < 1.29 is 5.21 Å². The summed E-state index contributed by atoms with van der Waals surface area (Å²) in [6.45, 7) is 2.42. The molecule has 2 rings (SSSR count). The summed E-state index contributed by atoms with van der Waals surface area (Å²) >= 11 is 0. The van der Waals surface area contributed by atoms with E-state index in [1.165, 1.54) is 6.33 Å². The Morgan fingerprint density at radius 2 is 2.35 bits per heavy atom. The third-order valence-corrected chi connectivity index (χ3v) is 2.14. The lowest BCUT2D eigenvalue weighted by atomic mass is 10.3. The van der Waals surface area contributed by atoms with Gasteiger partial charge in [0, 0.05) is 5.69 Å². The number of rotatable bonds is 3. The van der Waals surface area contributed by atoms with Crippen molar-refractivity contribution in [3.8, 4) is 0 Å². The molecule has 0 aliphatic carbocycles. The summed E-state index contributed by atoms with van der Waals surface area (Å²) in [5.74, 6) is 0.0844. The fraction of sp³-hybridized carbons (Fsp3) is 0.200. The van der Waals surface area contributed by atoms with Crippen molar-refractivity contribution in [2.24, 2.45) is 10.9 Å². The zero-order valence-corrected chi connectivity index (χ0v) is 9.28. The van der Waals surface area contributed by atoms with Crippen LogP contribution in [-0.2, 0) is 6.54 Å².